The summed E-state index contributed by atoms with van der Waals surface area (Å²) in [6.45, 7) is -0.772. The second-order valence-electron chi connectivity index (χ2n) is 2.80. The Kier molecular flexibility index (Phi) is 4.43. The standard InChI is InChI=1S/C9H9BrF3NO2/c10-8-6(14)2-1-3-7(8)15-4-5-16-9(11,12)13/h1-3H,4-5,14H2. The average Bonchev–Trinajstić information content (AvgIpc) is 2.17. The van der Waals surface area contributed by atoms with E-state index < -0.39 is 13.0 Å². The van der Waals surface area contributed by atoms with Gasteiger partial charge in [0.05, 0.1) is 11.1 Å². The molecule has 0 saturated carbocycles. The summed E-state index contributed by atoms with van der Waals surface area (Å²) in [4.78, 5) is 0. The minimum atomic E-state index is -4.63. The third-order valence-corrected chi connectivity index (χ3v) is 2.45. The Hall–Kier alpha value is -0.950. The number of nitrogen functional groups attached to an aromatic ring is 1. The van der Waals surface area contributed by atoms with Crippen LogP contribution in [0.4, 0.5) is 18.9 Å². The Morgan fingerprint density at radius 3 is 2.56 bits per heavy atom. The predicted octanol–water partition coefficient (Wildman–Crippen LogP) is 2.95. The van der Waals surface area contributed by atoms with E-state index in [9.17, 15) is 13.2 Å². The maximum atomic E-state index is 11.6. The molecule has 2 N–H and O–H groups in total. The summed E-state index contributed by atoms with van der Waals surface area (Å²) in [5, 5.41) is 0. The molecule has 3 nitrogen and oxygen atoms in total. The van der Waals surface area contributed by atoms with Gasteiger partial charge in [-0.1, -0.05) is 6.07 Å². The summed E-state index contributed by atoms with van der Waals surface area (Å²) < 4.78 is 44.0. The summed E-state index contributed by atoms with van der Waals surface area (Å²) >= 11 is 3.16. The zero-order valence-corrected chi connectivity index (χ0v) is 9.64. The molecule has 0 aliphatic heterocycles. The average molecular weight is 300 g/mol. The van der Waals surface area contributed by atoms with E-state index >= 15 is 0 Å². The number of hydrogen-bond donors (Lipinski definition) is 1. The van der Waals surface area contributed by atoms with Gasteiger partial charge < -0.3 is 10.5 Å². The zero-order valence-electron chi connectivity index (χ0n) is 8.05. The molecule has 0 aliphatic rings. The van der Waals surface area contributed by atoms with Crippen molar-refractivity contribution in [3.05, 3.63) is 22.7 Å². The number of benzene rings is 1. The second-order valence-corrected chi connectivity index (χ2v) is 3.60. The van der Waals surface area contributed by atoms with Crippen molar-refractivity contribution in [1.29, 1.82) is 0 Å². The molecule has 0 heterocycles. The van der Waals surface area contributed by atoms with E-state index in [1.807, 2.05) is 0 Å². The van der Waals surface area contributed by atoms with Gasteiger partial charge in [0.25, 0.3) is 0 Å². The Labute approximate surface area is 98.5 Å². The van der Waals surface area contributed by atoms with Crippen LogP contribution in [0.5, 0.6) is 5.75 Å². The third-order valence-electron chi connectivity index (χ3n) is 1.60. The third kappa shape index (κ3) is 4.28. The van der Waals surface area contributed by atoms with Crippen LogP contribution in [0.1, 0.15) is 0 Å². The minimum Gasteiger partial charge on any atom is -0.490 e. The normalized spacial score (nSPS) is 11.5. The number of rotatable bonds is 4. The molecule has 0 unspecified atom stereocenters. The lowest BCUT2D eigenvalue weighted by molar-refractivity contribution is -0.325. The Balaban J connectivity index is 2.41. The van der Waals surface area contributed by atoms with E-state index in [1.54, 1.807) is 18.2 Å². The molecule has 90 valence electrons. The smallest absolute Gasteiger partial charge is 0.490 e. The number of ether oxygens (including phenoxy) is 2. The molecule has 0 atom stereocenters. The molecule has 1 aromatic rings. The Morgan fingerprint density at radius 1 is 1.25 bits per heavy atom. The molecule has 0 aliphatic carbocycles. The van der Waals surface area contributed by atoms with Crippen molar-refractivity contribution in [3.8, 4) is 5.75 Å². The Morgan fingerprint density at radius 2 is 1.94 bits per heavy atom. The van der Waals surface area contributed by atoms with Crippen LogP contribution in [-0.2, 0) is 4.74 Å². The number of anilines is 1. The highest BCUT2D eigenvalue weighted by molar-refractivity contribution is 9.10. The largest absolute Gasteiger partial charge is 0.522 e. The van der Waals surface area contributed by atoms with Gasteiger partial charge in [-0.3, -0.25) is 4.74 Å². The highest BCUT2D eigenvalue weighted by atomic mass is 79.9. The maximum absolute atomic E-state index is 11.6. The summed E-state index contributed by atoms with van der Waals surface area (Å²) in [6.07, 6.45) is -4.63. The van der Waals surface area contributed by atoms with Crippen molar-refractivity contribution in [1.82, 2.24) is 0 Å². The summed E-state index contributed by atoms with van der Waals surface area (Å²) in [6, 6.07) is 4.87. The lowest BCUT2D eigenvalue weighted by atomic mass is 10.3. The summed E-state index contributed by atoms with van der Waals surface area (Å²) in [7, 11) is 0. The first kappa shape index (κ1) is 13.1. The minimum absolute atomic E-state index is 0.207. The van der Waals surface area contributed by atoms with Crippen LogP contribution in [-0.4, -0.2) is 19.6 Å². The summed E-state index contributed by atoms with van der Waals surface area (Å²) in [5.74, 6) is 0.380. The number of halogens is 4. The lowest BCUT2D eigenvalue weighted by Crippen LogP contribution is -2.18. The van der Waals surface area contributed by atoms with E-state index in [-0.39, 0.29) is 6.61 Å². The van der Waals surface area contributed by atoms with Crippen LogP contribution in [0.15, 0.2) is 22.7 Å². The first-order valence-corrected chi connectivity index (χ1v) is 5.07. The van der Waals surface area contributed by atoms with Gasteiger partial charge in [0.2, 0.25) is 0 Å². The Bertz CT molecular complexity index is 357. The molecular formula is C9H9BrF3NO2. The van der Waals surface area contributed by atoms with E-state index in [0.717, 1.165) is 0 Å². The van der Waals surface area contributed by atoms with Crippen molar-refractivity contribution >= 4 is 21.6 Å². The van der Waals surface area contributed by atoms with E-state index in [2.05, 4.69) is 20.7 Å². The lowest BCUT2D eigenvalue weighted by Gasteiger charge is -2.10. The zero-order chi connectivity index (χ0) is 12.2. The fourth-order valence-corrected chi connectivity index (χ4v) is 1.33. The molecular weight excluding hydrogens is 291 g/mol. The SMILES string of the molecule is Nc1cccc(OCCOC(F)(F)F)c1Br. The van der Waals surface area contributed by atoms with Crippen molar-refractivity contribution in [2.75, 3.05) is 18.9 Å². The van der Waals surface area contributed by atoms with Gasteiger partial charge in [-0.05, 0) is 28.1 Å². The molecule has 16 heavy (non-hydrogen) atoms. The van der Waals surface area contributed by atoms with Crippen LogP contribution < -0.4 is 10.5 Å². The first-order valence-electron chi connectivity index (χ1n) is 4.27. The van der Waals surface area contributed by atoms with Crippen molar-refractivity contribution in [2.24, 2.45) is 0 Å². The van der Waals surface area contributed by atoms with Crippen molar-refractivity contribution < 1.29 is 22.6 Å². The van der Waals surface area contributed by atoms with Gasteiger partial charge in [-0.15, -0.1) is 13.2 Å². The molecule has 0 bridgehead atoms. The van der Waals surface area contributed by atoms with Gasteiger partial charge in [-0.25, -0.2) is 0 Å². The van der Waals surface area contributed by atoms with Gasteiger partial charge in [-0.2, -0.15) is 0 Å². The molecule has 0 saturated heterocycles. The van der Waals surface area contributed by atoms with Gasteiger partial charge in [0, 0.05) is 5.69 Å². The molecule has 0 amide bonds. The van der Waals surface area contributed by atoms with E-state index in [1.165, 1.54) is 0 Å². The highest BCUT2D eigenvalue weighted by Crippen LogP contribution is 2.30. The van der Waals surface area contributed by atoms with Crippen molar-refractivity contribution in [3.63, 3.8) is 0 Å². The second kappa shape index (κ2) is 5.40. The topological polar surface area (TPSA) is 44.5 Å². The molecule has 0 fully saturated rings. The fourth-order valence-electron chi connectivity index (χ4n) is 0.948. The van der Waals surface area contributed by atoms with Gasteiger partial charge in [0.1, 0.15) is 12.4 Å². The number of hydrogen-bond acceptors (Lipinski definition) is 3. The predicted molar refractivity (Wildman–Crippen MR) is 56.1 cm³/mol. The first-order chi connectivity index (χ1) is 7.40. The van der Waals surface area contributed by atoms with Gasteiger partial charge >= 0.3 is 6.36 Å². The van der Waals surface area contributed by atoms with Crippen LogP contribution in [0.3, 0.4) is 0 Å². The highest BCUT2D eigenvalue weighted by Gasteiger charge is 2.28. The summed E-state index contributed by atoms with van der Waals surface area (Å²) in [5.41, 5.74) is 6.01. The van der Waals surface area contributed by atoms with Crippen molar-refractivity contribution in [2.45, 2.75) is 6.36 Å². The fraction of sp³-hybridized carbons (Fsp3) is 0.333. The van der Waals surface area contributed by atoms with Crippen LogP contribution >= 0.6 is 15.9 Å². The number of nitrogens with two attached hydrogens (primary N) is 1. The quantitative estimate of drug-likeness (QED) is 0.687. The molecule has 0 spiro atoms. The molecule has 1 aromatic carbocycles. The molecule has 0 aromatic heterocycles. The number of alkyl halides is 3. The molecule has 7 heteroatoms. The van der Waals surface area contributed by atoms with Crippen LogP contribution in [0, 0.1) is 0 Å². The maximum Gasteiger partial charge on any atom is 0.522 e. The van der Waals surface area contributed by atoms with E-state index in [4.69, 9.17) is 10.5 Å². The van der Waals surface area contributed by atoms with Crippen LogP contribution in [0.25, 0.3) is 0 Å². The molecule has 1 rings (SSSR count). The molecule has 0 radical (unpaired) electrons. The van der Waals surface area contributed by atoms with E-state index in [0.29, 0.717) is 15.9 Å². The van der Waals surface area contributed by atoms with Crippen LogP contribution in [0.2, 0.25) is 0 Å². The van der Waals surface area contributed by atoms with Gasteiger partial charge in [0.15, 0.2) is 0 Å². The monoisotopic (exact) mass is 299 g/mol.